The van der Waals surface area contributed by atoms with Gasteiger partial charge in [-0.2, -0.15) is 0 Å². The molecular weight excluding hydrogens is 217 g/mol. The first-order valence-corrected chi connectivity index (χ1v) is 5.99. The number of hydrogen-bond donors (Lipinski definition) is 1. The summed E-state index contributed by atoms with van der Waals surface area (Å²) in [5, 5.41) is 0. The Labute approximate surface area is 99.4 Å². The summed E-state index contributed by atoms with van der Waals surface area (Å²) in [4.78, 5) is 4.27. The molecule has 0 amide bonds. The third kappa shape index (κ3) is 1.68. The average molecular weight is 233 g/mol. The van der Waals surface area contributed by atoms with Crippen molar-refractivity contribution < 1.29 is 4.39 Å². The van der Waals surface area contributed by atoms with E-state index in [1.165, 1.54) is 31.4 Å². The topological polar surface area (TPSA) is 43.8 Å². The van der Waals surface area contributed by atoms with Gasteiger partial charge in [0.25, 0.3) is 0 Å². The highest BCUT2D eigenvalue weighted by molar-refractivity contribution is 5.78. The zero-order valence-corrected chi connectivity index (χ0v) is 9.91. The van der Waals surface area contributed by atoms with E-state index in [2.05, 4.69) is 11.9 Å². The van der Waals surface area contributed by atoms with Gasteiger partial charge < -0.3 is 10.3 Å². The van der Waals surface area contributed by atoms with Gasteiger partial charge in [-0.05, 0) is 36.5 Å². The Morgan fingerprint density at radius 1 is 1.47 bits per heavy atom. The third-order valence-electron chi connectivity index (χ3n) is 3.84. The molecule has 1 heterocycles. The molecule has 1 aromatic carbocycles. The van der Waals surface area contributed by atoms with Gasteiger partial charge in [0.05, 0.1) is 11.0 Å². The van der Waals surface area contributed by atoms with E-state index in [-0.39, 0.29) is 5.82 Å². The van der Waals surface area contributed by atoms with Crippen molar-refractivity contribution in [3.05, 3.63) is 24.0 Å². The maximum Gasteiger partial charge on any atom is 0.201 e. The van der Waals surface area contributed by atoms with Crippen LogP contribution >= 0.6 is 0 Å². The third-order valence-corrected chi connectivity index (χ3v) is 3.84. The van der Waals surface area contributed by atoms with Crippen LogP contribution in [0.1, 0.15) is 26.2 Å². The molecule has 2 aromatic rings. The number of nitrogens with zero attached hydrogens (tertiary/aromatic N) is 2. The normalized spacial score (nSPS) is 18.2. The highest BCUT2D eigenvalue weighted by atomic mass is 19.1. The van der Waals surface area contributed by atoms with Crippen LogP contribution in [-0.2, 0) is 6.54 Å². The zero-order chi connectivity index (χ0) is 12.0. The van der Waals surface area contributed by atoms with Crippen molar-refractivity contribution in [2.75, 3.05) is 5.73 Å². The highest BCUT2D eigenvalue weighted by Gasteiger charge is 2.33. The minimum absolute atomic E-state index is 0.239. The van der Waals surface area contributed by atoms with E-state index in [0.717, 1.165) is 17.6 Å². The maximum atomic E-state index is 13.3. The minimum atomic E-state index is -0.239. The zero-order valence-electron chi connectivity index (χ0n) is 9.91. The van der Waals surface area contributed by atoms with Crippen LogP contribution in [0.2, 0.25) is 0 Å². The number of hydrogen-bond acceptors (Lipinski definition) is 2. The summed E-state index contributed by atoms with van der Waals surface area (Å²) in [6.07, 6.45) is 3.69. The van der Waals surface area contributed by atoms with Gasteiger partial charge in [0.15, 0.2) is 0 Å². The molecule has 17 heavy (non-hydrogen) atoms. The van der Waals surface area contributed by atoms with Crippen molar-refractivity contribution in [3.63, 3.8) is 0 Å². The average Bonchev–Trinajstić information content (AvgIpc) is 2.53. The molecule has 1 aliphatic rings. The molecule has 4 heteroatoms. The summed E-state index contributed by atoms with van der Waals surface area (Å²) in [6.45, 7) is 3.08. The Kier molecular flexibility index (Phi) is 2.15. The molecule has 0 aliphatic heterocycles. The summed E-state index contributed by atoms with van der Waals surface area (Å²) in [7, 11) is 0. The van der Waals surface area contributed by atoms with Crippen LogP contribution in [0.25, 0.3) is 11.0 Å². The Hall–Kier alpha value is -1.58. The molecule has 3 rings (SSSR count). The van der Waals surface area contributed by atoms with Gasteiger partial charge in [0.2, 0.25) is 5.95 Å². The van der Waals surface area contributed by atoms with E-state index < -0.39 is 0 Å². The number of aromatic nitrogens is 2. The van der Waals surface area contributed by atoms with Crippen LogP contribution < -0.4 is 5.73 Å². The number of anilines is 1. The van der Waals surface area contributed by atoms with Gasteiger partial charge in [-0.25, -0.2) is 9.37 Å². The number of benzene rings is 1. The van der Waals surface area contributed by atoms with E-state index in [0.29, 0.717) is 11.4 Å². The number of nitrogens with two attached hydrogens (primary N) is 1. The predicted octanol–water partition coefficient (Wildman–Crippen LogP) is 2.95. The molecule has 3 nitrogen and oxygen atoms in total. The Balaban J connectivity index is 2.07. The molecule has 1 fully saturated rings. The van der Waals surface area contributed by atoms with Crippen LogP contribution in [0.4, 0.5) is 10.3 Å². The molecule has 2 N–H and O–H groups in total. The molecule has 1 saturated carbocycles. The summed E-state index contributed by atoms with van der Waals surface area (Å²) in [6, 6.07) is 4.62. The van der Waals surface area contributed by atoms with Gasteiger partial charge in [0, 0.05) is 6.54 Å². The molecule has 0 atom stereocenters. The second-order valence-electron chi connectivity index (χ2n) is 5.35. The molecule has 1 aliphatic carbocycles. The van der Waals surface area contributed by atoms with Crippen molar-refractivity contribution in [3.8, 4) is 0 Å². The molecule has 0 radical (unpaired) electrons. The summed E-state index contributed by atoms with van der Waals surface area (Å²) in [5.74, 6) is 0.246. The standard InChI is InChI=1S/C13H16FN3/c1-13(5-2-6-13)8-17-11-7-9(14)3-4-10(11)16-12(17)15/h3-4,7H,2,5-6,8H2,1H3,(H2,15,16). The molecule has 90 valence electrons. The Morgan fingerprint density at radius 3 is 2.88 bits per heavy atom. The molecule has 0 saturated heterocycles. The fourth-order valence-corrected chi connectivity index (χ4v) is 2.60. The second kappa shape index (κ2) is 3.45. The second-order valence-corrected chi connectivity index (χ2v) is 5.35. The lowest BCUT2D eigenvalue weighted by Crippen LogP contribution is -2.31. The van der Waals surface area contributed by atoms with Gasteiger partial charge in [-0.15, -0.1) is 0 Å². The lowest BCUT2D eigenvalue weighted by Gasteiger charge is -2.38. The molecule has 0 bridgehead atoms. The molecule has 0 unspecified atom stereocenters. The number of halogens is 1. The van der Waals surface area contributed by atoms with Crippen molar-refractivity contribution in [1.82, 2.24) is 9.55 Å². The fourth-order valence-electron chi connectivity index (χ4n) is 2.60. The van der Waals surface area contributed by atoms with E-state index >= 15 is 0 Å². The number of imidazole rings is 1. The van der Waals surface area contributed by atoms with Crippen molar-refractivity contribution in [2.45, 2.75) is 32.7 Å². The first kappa shape index (κ1) is 10.6. The van der Waals surface area contributed by atoms with Gasteiger partial charge in [-0.3, -0.25) is 0 Å². The quantitative estimate of drug-likeness (QED) is 0.866. The lowest BCUT2D eigenvalue weighted by atomic mass is 9.70. The number of fused-ring (bicyclic) bond motifs is 1. The molecular formula is C13H16FN3. The van der Waals surface area contributed by atoms with E-state index in [4.69, 9.17) is 5.73 Å². The van der Waals surface area contributed by atoms with Gasteiger partial charge in [-0.1, -0.05) is 13.3 Å². The Bertz CT molecular complexity index is 569. The van der Waals surface area contributed by atoms with Gasteiger partial charge >= 0.3 is 0 Å². The molecule has 0 spiro atoms. The van der Waals surface area contributed by atoms with Crippen LogP contribution in [0.3, 0.4) is 0 Å². The number of nitrogen functional groups attached to an aromatic ring is 1. The first-order chi connectivity index (χ1) is 8.07. The van der Waals surface area contributed by atoms with E-state index in [1.54, 1.807) is 6.07 Å². The van der Waals surface area contributed by atoms with Crippen molar-refractivity contribution in [1.29, 1.82) is 0 Å². The lowest BCUT2D eigenvalue weighted by molar-refractivity contribution is 0.135. The van der Waals surface area contributed by atoms with E-state index in [1.807, 2.05) is 4.57 Å². The summed E-state index contributed by atoms with van der Waals surface area (Å²) in [5.41, 5.74) is 7.79. The predicted molar refractivity (Wildman–Crippen MR) is 66.1 cm³/mol. The van der Waals surface area contributed by atoms with Crippen LogP contribution in [0.15, 0.2) is 18.2 Å². The van der Waals surface area contributed by atoms with Crippen LogP contribution in [0.5, 0.6) is 0 Å². The van der Waals surface area contributed by atoms with Crippen LogP contribution in [-0.4, -0.2) is 9.55 Å². The SMILES string of the molecule is CC1(Cn2c(N)nc3ccc(F)cc32)CCC1. The minimum Gasteiger partial charge on any atom is -0.369 e. The summed E-state index contributed by atoms with van der Waals surface area (Å²) >= 11 is 0. The Morgan fingerprint density at radius 2 is 2.24 bits per heavy atom. The first-order valence-electron chi connectivity index (χ1n) is 5.99. The van der Waals surface area contributed by atoms with Crippen molar-refractivity contribution >= 4 is 17.0 Å². The smallest absolute Gasteiger partial charge is 0.201 e. The van der Waals surface area contributed by atoms with Crippen molar-refractivity contribution in [2.24, 2.45) is 5.41 Å². The monoisotopic (exact) mass is 233 g/mol. The largest absolute Gasteiger partial charge is 0.369 e. The maximum absolute atomic E-state index is 13.3. The van der Waals surface area contributed by atoms with E-state index in [9.17, 15) is 4.39 Å². The fraction of sp³-hybridized carbons (Fsp3) is 0.462. The summed E-state index contributed by atoms with van der Waals surface area (Å²) < 4.78 is 15.2. The number of rotatable bonds is 2. The molecule has 1 aromatic heterocycles. The highest BCUT2D eigenvalue weighted by Crippen LogP contribution is 2.42. The van der Waals surface area contributed by atoms with Crippen LogP contribution in [0, 0.1) is 11.2 Å². The van der Waals surface area contributed by atoms with Gasteiger partial charge in [0.1, 0.15) is 5.82 Å².